The highest BCUT2D eigenvalue weighted by atomic mass is 19.3. The van der Waals surface area contributed by atoms with Gasteiger partial charge in [-0.2, -0.15) is 0 Å². The number of carbonyl (C=O) groups excluding carboxylic acids is 1. The van der Waals surface area contributed by atoms with Crippen LogP contribution in [0.3, 0.4) is 0 Å². The number of hydrogen-bond acceptors (Lipinski definition) is 3. The summed E-state index contributed by atoms with van der Waals surface area (Å²) in [5, 5.41) is 0. The molecular weight excluding hydrogens is 230 g/mol. The number of ketones is 1. The largest absolute Gasteiger partial charge is 0.493 e. The Morgan fingerprint density at radius 2 is 1.65 bits per heavy atom. The Labute approximate surface area is 98.3 Å². The summed E-state index contributed by atoms with van der Waals surface area (Å²) in [4.78, 5) is 11.4. The van der Waals surface area contributed by atoms with Crippen LogP contribution in [0, 0.1) is 0 Å². The van der Waals surface area contributed by atoms with E-state index in [0.29, 0.717) is 0 Å². The summed E-state index contributed by atoms with van der Waals surface area (Å²) < 4.78 is 36.7. The highest BCUT2D eigenvalue weighted by molar-refractivity contribution is 5.96. The van der Waals surface area contributed by atoms with Crippen molar-refractivity contribution in [3.05, 3.63) is 23.3 Å². The van der Waals surface area contributed by atoms with Crippen LogP contribution in [0.15, 0.2) is 12.1 Å². The molecule has 17 heavy (non-hydrogen) atoms. The summed E-state index contributed by atoms with van der Waals surface area (Å²) >= 11 is 0. The normalized spacial score (nSPS) is 11.2. The minimum absolute atomic E-state index is 0.0600. The van der Waals surface area contributed by atoms with E-state index >= 15 is 0 Å². The molecule has 1 aromatic rings. The van der Waals surface area contributed by atoms with Gasteiger partial charge in [-0.15, -0.1) is 0 Å². The molecule has 1 aromatic carbocycles. The lowest BCUT2D eigenvalue weighted by Crippen LogP contribution is -2.13. The zero-order chi connectivity index (χ0) is 13.2. The van der Waals surface area contributed by atoms with E-state index in [9.17, 15) is 13.6 Å². The second-order valence-corrected chi connectivity index (χ2v) is 3.70. The molecule has 3 nitrogen and oxygen atoms in total. The predicted octanol–water partition coefficient (Wildman–Crippen LogP) is 3.02. The fourth-order valence-corrected chi connectivity index (χ4v) is 1.53. The zero-order valence-corrected chi connectivity index (χ0v) is 10.1. The van der Waals surface area contributed by atoms with Crippen molar-refractivity contribution >= 4 is 5.78 Å². The summed E-state index contributed by atoms with van der Waals surface area (Å²) in [5.41, 5.74) is -0.419. The van der Waals surface area contributed by atoms with E-state index < -0.39 is 11.7 Å². The van der Waals surface area contributed by atoms with E-state index in [1.807, 2.05) is 0 Å². The van der Waals surface area contributed by atoms with E-state index in [0.717, 1.165) is 13.0 Å². The first-order chi connectivity index (χ1) is 7.81. The Bertz CT molecular complexity index is 436. The van der Waals surface area contributed by atoms with Crippen LogP contribution in [0.5, 0.6) is 11.5 Å². The molecule has 0 radical (unpaired) electrons. The average molecular weight is 244 g/mol. The second-order valence-electron chi connectivity index (χ2n) is 3.70. The Morgan fingerprint density at radius 1 is 1.18 bits per heavy atom. The molecule has 0 amide bonds. The smallest absolute Gasteiger partial charge is 0.271 e. The number of rotatable bonds is 4. The third-order valence-corrected chi connectivity index (χ3v) is 2.38. The molecule has 0 bridgehead atoms. The van der Waals surface area contributed by atoms with Gasteiger partial charge in [-0.3, -0.25) is 4.79 Å². The third-order valence-electron chi connectivity index (χ3n) is 2.38. The van der Waals surface area contributed by atoms with Crippen LogP contribution in [-0.2, 0) is 5.92 Å². The highest BCUT2D eigenvalue weighted by Gasteiger charge is 2.30. The van der Waals surface area contributed by atoms with Gasteiger partial charge in [0.25, 0.3) is 5.92 Å². The highest BCUT2D eigenvalue weighted by Crippen LogP contribution is 2.38. The van der Waals surface area contributed by atoms with Gasteiger partial charge in [0.05, 0.1) is 14.2 Å². The monoisotopic (exact) mass is 244 g/mol. The molecule has 0 heterocycles. The van der Waals surface area contributed by atoms with Gasteiger partial charge >= 0.3 is 0 Å². The Kier molecular flexibility index (Phi) is 3.70. The summed E-state index contributed by atoms with van der Waals surface area (Å²) in [6.07, 6.45) is 0. The van der Waals surface area contributed by atoms with Gasteiger partial charge in [-0.1, -0.05) is 0 Å². The lowest BCUT2D eigenvalue weighted by Gasteiger charge is -2.17. The molecule has 94 valence electrons. The van der Waals surface area contributed by atoms with Crippen molar-refractivity contribution in [3.63, 3.8) is 0 Å². The molecule has 5 heteroatoms. The van der Waals surface area contributed by atoms with Crippen molar-refractivity contribution in [3.8, 4) is 11.5 Å². The van der Waals surface area contributed by atoms with Crippen molar-refractivity contribution in [2.45, 2.75) is 19.8 Å². The number of hydrogen-bond donors (Lipinski definition) is 0. The second kappa shape index (κ2) is 4.69. The van der Waals surface area contributed by atoms with Crippen LogP contribution in [0.4, 0.5) is 8.78 Å². The zero-order valence-electron chi connectivity index (χ0n) is 10.1. The molecule has 1 rings (SSSR count). The van der Waals surface area contributed by atoms with E-state index in [1.165, 1.54) is 27.2 Å². The summed E-state index contributed by atoms with van der Waals surface area (Å²) in [6.45, 7) is 1.97. The van der Waals surface area contributed by atoms with E-state index in [2.05, 4.69) is 0 Å². The molecule has 0 N–H and O–H groups in total. The first kappa shape index (κ1) is 13.4. The Hall–Kier alpha value is -1.65. The maximum atomic E-state index is 13.4. The van der Waals surface area contributed by atoms with Crippen molar-refractivity contribution < 1.29 is 23.0 Å². The van der Waals surface area contributed by atoms with Crippen LogP contribution in [-0.4, -0.2) is 20.0 Å². The lowest BCUT2D eigenvalue weighted by molar-refractivity contribution is 0.0162. The first-order valence-corrected chi connectivity index (χ1v) is 4.96. The fraction of sp³-hybridized carbons (Fsp3) is 0.417. The van der Waals surface area contributed by atoms with Gasteiger partial charge in [0, 0.05) is 18.1 Å². The van der Waals surface area contributed by atoms with Gasteiger partial charge in [0.2, 0.25) is 0 Å². The minimum atomic E-state index is -3.11. The van der Waals surface area contributed by atoms with Gasteiger partial charge in [-0.25, -0.2) is 8.78 Å². The van der Waals surface area contributed by atoms with Gasteiger partial charge < -0.3 is 9.47 Å². The van der Waals surface area contributed by atoms with Gasteiger partial charge in [-0.05, 0) is 19.1 Å². The summed E-state index contributed by atoms with van der Waals surface area (Å²) in [5.74, 6) is -3.12. The number of alkyl halides is 2. The first-order valence-electron chi connectivity index (χ1n) is 4.96. The molecule has 0 spiro atoms. The molecule has 0 aliphatic carbocycles. The minimum Gasteiger partial charge on any atom is -0.493 e. The van der Waals surface area contributed by atoms with Crippen LogP contribution < -0.4 is 9.47 Å². The topological polar surface area (TPSA) is 35.5 Å². The lowest BCUT2D eigenvalue weighted by atomic mass is 9.99. The SMILES string of the molecule is COc1cc(C(C)=O)c(C(C)(F)F)cc1OC. The number of benzene rings is 1. The molecule has 0 unspecified atom stereocenters. The van der Waals surface area contributed by atoms with Crippen molar-refractivity contribution in [2.75, 3.05) is 14.2 Å². The molecule has 0 aliphatic heterocycles. The van der Waals surface area contributed by atoms with Crippen molar-refractivity contribution in [1.82, 2.24) is 0 Å². The van der Waals surface area contributed by atoms with E-state index in [1.54, 1.807) is 0 Å². The average Bonchev–Trinajstić information content (AvgIpc) is 2.25. The molecule has 0 saturated carbocycles. The molecule has 0 aliphatic rings. The van der Waals surface area contributed by atoms with Crippen LogP contribution in [0.2, 0.25) is 0 Å². The Morgan fingerprint density at radius 3 is 2.00 bits per heavy atom. The molecule has 0 saturated heterocycles. The third kappa shape index (κ3) is 2.72. The quantitative estimate of drug-likeness (QED) is 0.764. The van der Waals surface area contributed by atoms with Gasteiger partial charge in [0.15, 0.2) is 17.3 Å². The molecule has 0 aromatic heterocycles. The summed E-state index contributed by atoms with van der Waals surface area (Å²) in [6, 6.07) is 2.41. The maximum absolute atomic E-state index is 13.4. The van der Waals surface area contributed by atoms with Crippen molar-refractivity contribution in [1.29, 1.82) is 0 Å². The Balaban J connectivity index is 3.52. The number of carbonyl (C=O) groups is 1. The fourth-order valence-electron chi connectivity index (χ4n) is 1.53. The predicted molar refractivity (Wildman–Crippen MR) is 59.1 cm³/mol. The molecule has 0 atom stereocenters. The number of methoxy groups -OCH3 is 2. The number of halogens is 2. The van der Waals surface area contributed by atoms with E-state index in [-0.39, 0.29) is 22.6 Å². The van der Waals surface area contributed by atoms with Crippen molar-refractivity contribution in [2.24, 2.45) is 0 Å². The molecule has 0 fully saturated rings. The van der Waals surface area contributed by atoms with E-state index in [4.69, 9.17) is 9.47 Å². The maximum Gasteiger partial charge on any atom is 0.271 e. The molecular formula is C12H14F2O3. The standard InChI is InChI=1S/C12H14F2O3/c1-7(15)8-5-10(16-3)11(17-4)6-9(8)12(2,13)14/h5-6H,1-4H3. The van der Waals surface area contributed by atoms with Gasteiger partial charge in [0.1, 0.15) is 0 Å². The van der Waals surface area contributed by atoms with Crippen LogP contribution >= 0.6 is 0 Å². The van der Waals surface area contributed by atoms with Crippen LogP contribution in [0.1, 0.15) is 29.8 Å². The van der Waals surface area contributed by atoms with Crippen LogP contribution in [0.25, 0.3) is 0 Å². The summed E-state index contributed by atoms with van der Waals surface area (Å²) in [7, 11) is 2.73. The number of ether oxygens (including phenoxy) is 2. The number of Topliss-reactive ketones (excluding diaryl/α,β-unsaturated/α-hetero) is 1.